The average Bonchev–Trinajstić information content (AvgIpc) is 2.98. The third kappa shape index (κ3) is 1.65. The molecule has 0 radical (unpaired) electrons. The van der Waals surface area contributed by atoms with E-state index in [-0.39, 0.29) is 5.41 Å². The van der Waals surface area contributed by atoms with Gasteiger partial charge >= 0.3 is 0 Å². The molecule has 1 unspecified atom stereocenters. The summed E-state index contributed by atoms with van der Waals surface area (Å²) in [5.74, 6) is 2.21. The molecule has 1 saturated carbocycles. The first kappa shape index (κ1) is 10.3. The summed E-state index contributed by atoms with van der Waals surface area (Å²) in [5.41, 5.74) is 0.174. The maximum Gasteiger partial charge on any atom is 0.231 e. The van der Waals surface area contributed by atoms with Gasteiger partial charge in [0.05, 0.1) is 5.92 Å². The normalized spacial score (nSPS) is 28.7. The van der Waals surface area contributed by atoms with Crippen LogP contribution in [0.15, 0.2) is 4.52 Å². The predicted octanol–water partition coefficient (Wildman–Crippen LogP) is 1.98. The minimum Gasteiger partial charge on any atom is -0.339 e. The molecule has 2 aliphatic rings. The van der Waals surface area contributed by atoms with Crippen LogP contribution in [0, 0.1) is 0 Å². The first-order valence-electron chi connectivity index (χ1n) is 6.33. The van der Waals surface area contributed by atoms with Crippen molar-refractivity contribution in [2.75, 3.05) is 13.1 Å². The zero-order valence-corrected chi connectivity index (χ0v) is 9.83. The van der Waals surface area contributed by atoms with Crippen LogP contribution in [0.25, 0.3) is 0 Å². The molecule has 1 aromatic rings. The van der Waals surface area contributed by atoms with E-state index in [9.17, 15) is 0 Å². The Labute approximate surface area is 95.8 Å². The number of nitrogens with one attached hydrogen (secondary N) is 1. The van der Waals surface area contributed by atoms with Crippen LogP contribution in [-0.2, 0) is 5.41 Å². The molecule has 0 amide bonds. The summed E-state index contributed by atoms with van der Waals surface area (Å²) in [4.78, 5) is 4.63. The summed E-state index contributed by atoms with van der Waals surface area (Å²) >= 11 is 0. The van der Waals surface area contributed by atoms with Gasteiger partial charge < -0.3 is 9.84 Å². The second kappa shape index (κ2) is 3.84. The van der Waals surface area contributed by atoms with Crippen molar-refractivity contribution >= 4 is 0 Å². The minimum atomic E-state index is 0.174. The highest BCUT2D eigenvalue weighted by Gasteiger charge is 2.36. The van der Waals surface area contributed by atoms with Crippen LogP contribution in [0.4, 0.5) is 0 Å². The summed E-state index contributed by atoms with van der Waals surface area (Å²) < 4.78 is 5.43. The van der Waals surface area contributed by atoms with Crippen molar-refractivity contribution in [2.45, 2.75) is 50.4 Å². The van der Waals surface area contributed by atoms with Crippen LogP contribution >= 0.6 is 0 Å². The van der Waals surface area contributed by atoms with E-state index in [0.717, 1.165) is 31.2 Å². The standard InChI is InChI=1S/C12H19N3O/c1-12(5-2-3-6-12)11-14-10(16-15-11)9-4-7-13-8-9/h9,13H,2-8H2,1H3. The van der Waals surface area contributed by atoms with Crippen LogP contribution in [0.3, 0.4) is 0 Å². The third-order valence-electron chi connectivity index (χ3n) is 4.10. The Morgan fingerprint density at radius 1 is 1.38 bits per heavy atom. The van der Waals surface area contributed by atoms with E-state index in [4.69, 9.17) is 4.52 Å². The molecule has 2 heterocycles. The Kier molecular flexibility index (Phi) is 2.46. The number of hydrogen-bond acceptors (Lipinski definition) is 4. The molecule has 4 heteroatoms. The van der Waals surface area contributed by atoms with Gasteiger partial charge in [0.1, 0.15) is 0 Å². The topological polar surface area (TPSA) is 51.0 Å². The zero-order chi connectivity index (χ0) is 11.0. The summed E-state index contributed by atoms with van der Waals surface area (Å²) in [5, 5.41) is 7.53. The van der Waals surface area contributed by atoms with E-state index in [1.54, 1.807) is 0 Å². The highest BCUT2D eigenvalue weighted by atomic mass is 16.5. The number of hydrogen-bond donors (Lipinski definition) is 1. The van der Waals surface area contributed by atoms with Crippen molar-refractivity contribution < 1.29 is 4.52 Å². The molecule has 1 aliphatic heterocycles. The van der Waals surface area contributed by atoms with Gasteiger partial charge in [0.15, 0.2) is 5.82 Å². The predicted molar refractivity (Wildman–Crippen MR) is 60.3 cm³/mol. The number of nitrogens with zero attached hydrogens (tertiary/aromatic N) is 2. The maximum atomic E-state index is 5.43. The summed E-state index contributed by atoms with van der Waals surface area (Å²) in [6, 6.07) is 0. The molecule has 1 aromatic heterocycles. The van der Waals surface area contributed by atoms with Gasteiger partial charge in [-0.3, -0.25) is 0 Å². The monoisotopic (exact) mass is 221 g/mol. The van der Waals surface area contributed by atoms with Crippen molar-refractivity contribution in [1.82, 2.24) is 15.5 Å². The largest absolute Gasteiger partial charge is 0.339 e. The van der Waals surface area contributed by atoms with Gasteiger partial charge in [0.2, 0.25) is 5.89 Å². The van der Waals surface area contributed by atoms with E-state index < -0.39 is 0 Å². The fourth-order valence-electron chi connectivity index (χ4n) is 2.89. The quantitative estimate of drug-likeness (QED) is 0.829. The lowest BCUT2D eigenvalue weighted by Gasteiger charge is -2.17. The van der Waals surface area contributed by atoms with E-state index >= 15 is 0 Å². The first-order chi connectivity index (χ1) is 7.78. The highest BCUT2D eigenvalue weighted by molar-refractivity contribution is 5.09. The van der Waals surface area contributed by atoms with E-state index in [1.807, 2.05) is 0 Å². The number of aromatic nitrogens is 2. The lowest BCUT2D eigenvalue weighted by Crippen LogP contribution is -2.19. The number of rotatable bonds is 2. The van der Waals surface area contributed by atoms with Gasteiger partial charge in [-0.25, -0.2) is 0 Å². The highest BCUT2D eigenvalue weighted by Crippen LogP contribution is 2.39. The maximum absolute atomic E-state index is 5.43. The average molecular weight is 221 g/mol. The van der Waals surface area contributed by atoms with Crippen molar-refractivity contribution in [3.8, 4) is 0 Å². The van der Waals surface area contributed by atoms with Gasteiger partial charge in [-0.15, -0.1) is 0 Å². The van der Waals surface area contributed by atoms with E-state index in [2.05, 4.69) is 22.4 Å². The molecule has 0 spiro atoms. The minimum absolute atomic E-state index is 0.174. The Morgan fingerprint density at radius 3 is 2.88 bits per heavy atom. The van der Waals surface area contributed by atoms with Gasteiger partial charge in [-0.2, -0.15) is 4.98 Å². The van der Waals surface area contributed by atoms with Gasteiger partial charge in [-0.05, 0) is 25.8 Å². The molecular weight excluding hydrogens is 202 g/mol. The molecule has 0 bridgehead atoms. The molecule has 1 saturated heterocycles. The Hall–Kier alpha value is -0.900. The van der Waals surface area contributed by atoms with Crippen LogP contribution in [0.2, 0.25) is 0 Å². The molecule has 4 nitrogen and oxygen atoms in total. The SMILES string of the molecule is CC1(c2noc(C3CCNC3)n2)CCCC1. The second-order valence-corrected chi connectivity index (χ2v) is 5.41. The van der Waals surface area contributed by atoms with Crippen LogP contribution < -0.4 is 5.32 Å². The lowest BCUT2D eigenvalue weighted by atomic mass is 9.88. The molecule has 0 aromatic carbocycles. The molecule has 16 heavy (non-hydrogen) atoms. The van der Waals surface area contributed by atoms with Crippen LogP contribution in [-0.4, -0.2) is 23.2 Å². The van der Waals surface area contributed by atoms with Gasteiger partial charge in [-0.1, -0.05) is 24.9 Å². The first-order valence-corrected chi connectivity index (χ1v) is 6.33. The second-order valence-electron chi connectivity index (χ2n) is 5.41. The fourth-order valence-corrected chi connectivity index (χ4v) is 2.89. The summed E-state index contributed by atoms with van der Waals surface area (Å²) in [6.07, 6.45) is 6.12. The van der Waals surface area contributed by atoms with Crippen molar-refractivity contribution in [2.24, 2.45) is 0 Å². The fraction of sp³-hybridized carbons (Fsp3) is 0.833. The molecule has 88 valence electrons. The smallest absolute Gasteiger partial charge is 0.231 e. The van der Waals surface area contributed by atoms with Gasteiger partial charge in [0, 0.05) is 12.0 Å². The lowest BCUT2D eigenvalue weighted by molar-refractivity contribution is 0.341. The molecule has 1 N–H and O–H groups in total. The van der Waals surface area contributed by atoms with E-state index in [1.165, 1.54) is 25.7 Å². The molecule has 3 rings (SSSR count). The Balaban J connectivity index is 1.81. The van der Waals surface area contributed by atoms with Crippen molar-refractivity contribution in [1.29, 1.82) is 0 Å². The summed E-state index contributed by atoms with van der Waals surface area (Å²) in [7, 11) is 0. The van der Waals surface area contributed by atoms with Gasteiger partial charge in [0.25, 0.3) is 0 Å². The third-order valence-corrected chi connectivity index (χ3v) is 4.10. The van der Waals surface area contributed by atoms with Crippen molar-refractivity contribution in [3.63, 3.8) is 0 Å². The molecular formula is C12H19N3O. The Morgan fingerprint density at radius 2 is 2.19 bits per heavy atom. The Bertz CT molecular complexity index is 362. The van der Waals surface area contributed by atoms with Crippen molar-refractivity contribution in [3.05, 3.63) is 11.7 Å². The molecule has 2 fully saturated rings. The van der Waals surface area contributed by atoms with Crippen LogP contribution in [0.1, 0.15) is 56.7 Å². The zero-order valence-electron chi connectivity index (χ0n) is 9.83. The molecule has 1 atom stereocenters. The summed E-state index contributed by atoms with van der Waals surface area (Å²) in [6.45, 7) is 4.32. The van der Waals surface area contributed by atoms with E-state index in [0.29, 0.717) is 5.92 Å². The molecule has 1 aliphatic carbocycles. The van der Waals surface area contributed by atoms with Crippen LogP contribution in [0.5, 0.6) is 0 Å².